The molecule has 31 heavy (non-hydrogen) atoms. The van der Waals surface area contributed by atoms with Crippen LogP contribution >= 0.6 is 0 Å². The molecule has 0 unspecified atom stereocenters. The van der Waals surface area contributed by atoms with Gasteiger partial charge in [0.15, 0.2) is 0 Å². The van der Waals surface area contributed by atoms with Gasteiger partial charge in [-0.3, -0.25) is 14.5 Å². The minimum Gasteiger partial charge on any atom is -0.371 e. The fraction of sp³-hybridized carbons (Fsp3) is 0.375. The highest BCUT2D eigenvalue weighted by Gasteiger charge is 2.30. The van der Waals surface area contributed by atoms with Crippen molar-refractivity contribution in [1.82, 2.24) is 20.1 Å². The van der Waals surface area contributed by atoms with Gasteiger partial charge in [0, 0.05) is 29.7 Å². The Kier molecular flexibility index (Phi) is 6.44. The van der Waals surface area contributed by atoms with Gasteiger partial charge in [0.1, 0.15) is 0 Å². The summed E-state index contributed by atoms with van der Waals surface area (Å²) in [7, 11) is 0. The lowest BCUT2D eigenvalue weighted by Gasteiger charge is -2.22. The number of nitrogens with zero attached hydrogens (tertiary/aromatic N) is 3. The molecule has 2 heterocycles. The molecule has 2 atom stereocenters. The fourth-order valence-corrected chi connectivity index (χ4v) is 4.04. The van der Waals surface area contributed by atoms with Crippen molar-refractivity contribution in [3.8, 4) is 11.1 Å². The van der Waals surface area contributed by atoms with Crippen molar-refractivity contribution in [3.05, 3.63) is 71.3 Å². The lowest BCUT2D eigenvalue weighted by atomic mass is 10.0. The van der Waals surface area contributed by atoms with E-state index in [2.05, 4.69) is 47.4 Å². The highest BCUT2D eigenvalue weighted by Crippen LogP contribution is 2.25. The molecule has 1 amide bonds. The number of benzene rings is 1. The van der Waals surface area contributed by atoms with Gasteiger partial charge in [0.2, 0.25) is 0 Å². The second-order valence-electron chi connectivity index (χ2n) is 8.13. The summed E-state index contributed by atoms with van der Waals surface area (Å²) in [5.41, 5.74) is 11.6. The first-order valence-corrected chi connectivity index (χ1v) is 10.7. The van der Waals surface area contributed by atoms with Gasteiger partial charge in [0.05, 0.1) is 37.2 Å². The summed E-state index contributed by atoms with van der Waals surface area (Å²) in [5, 5.41) is 7.34. The van der Waals surface area contributed by atoms with Crippen LogP contribution in [0.2, 0.25) is 0 Å². The number of hydrogen-bond acceptors (Lipinski definition) is 5. The van der Waals surface area contributed by atoms with Crippen LogP contribution in [-0.4, -0.2) is 32.8 Å². The first-order chi connectivity index (χ1) is 15.0. The normalized spacial score (nSPS) is 18.3. The van der Waals surface area contributed by atoms with E-state index in [9.17, 15) is 4.79 Å². The number of aryl methyl sites for hydroxylation is 1. The van der Waals surface area contributed by atoms with Crippen molar-refractivity contribution in [3.63, 3.8) is 0 Å². The zero-order valence-electron chi connectivity index (χ0n) is 18.0. The average molecular weight is 420 g/mol. The molecule has 2 aromatic heterocycles. The van der Waals surface area contributed by atoms with Gasteiger partial charge >= 0.3 is 0 Å². The highest BCUT2D eigenvalue weighted by atomic mass is 16.5. The third-order valence-corrected chi connectivity index (χ3v) is 6.09. The Balaban J connectivity index is 1.40. The van der Waals surface area contributed by atoms with Crippen LogP contribution in [0.1, 0.15) is 46.3 Å². The minimum atomic E-state index is -0.132. The second-order valence-corrected chi connectivity index (χ2v) is 8.13. The number of carbonyl (C=O) groups excluding carboxylic acids is 1. The van der Waals surface area contributed by atoms with Crippen LogP contribution in [0.15, 0.2) is 49.1 Å². The van der Waals surface area contributed by atoms with Crippen molar-refractivity contribution in [2.45, 2.75) is 58.5 Å². The van der Waals surface area contributed by atoms with Gasteiger partial charge in [-0.05, 0) is 55.9 Å². The number of rotatable bonds is 7. The molecule has 1 aliphatic rings. The van der Waals surface area contributed by atoms with Crippen LogP contribution in [0.3, 0.4) is 0 Å². The van der Waals surface area contributed by atoms with Crippen molar-refractivity contribution in [2.24, 2.45) is 5.73 Å². The summed E-state index contributed by atoms with van der Waals surface area (Å²) < 4.78 is 7.87. The number of aromatic nitrogens is 3. The van der Waals surface area contributed by atoms with Crippen molar-refractivity contribution < 1.29 is 9.53 Å². The van der Waals surface area contributed by atoms with Crippen LogP contribution in [0.25, 0.3) is 11.1 Å². The summed E-state index contributed by atoms with van der Waals surface area (Å²) in [5.74, 6) is -0.132. The van der Waals surface area contributed by atoms with Crippen molar-refractivity contribution >= 4 is 5.91 Å². The number of carbonyl (C=O) groups is 1. The summed E-state index contributed by atoms with van der Waals surface area (Å²) in [4.78, 5) is 17.2. The Bertz CT molecular complexity index is 1060. The largest absolute Gasteiger partial charge is 0.371 e. The van der Waals surface area contributed by atoms with Crippen LogP contribution in [0.4, 0.5) is 0 Å². The molecule has 162 valence electrons. The predicted molar refractivity (Wildman–Crippen MR) is 119 cm³/mol. The molecule has 0 radical (unpaired) electrons. The first kappa shape index (κ1) is 21.2. The number of nitrogens with one attached hydrogen (secondary N) is 1. The summed E-state index contributed by atoms with van der Waals surface area (Å²) in [6, 6.07) is 8.12. The number of ether oxygens (including phenoxy) is 1. The van der Waals surface area contributed by atoms with Gasteiger partial charge in [-0.25, -0.2) is 0 Å². The Hall–Kier alpha value is -3.03. The van der Waals surface area contributed by atoms with Crippen molar-refractivity contribution in [1.29, 1.82) is 0 Å². The molecule has 3 aromatic rings. The molecular formula is C24H29N5O2. The zero-order valence-corrected chi connectivity index (χ0v) is 18.0. The molecule has 7 nitrogen and oxygen atoms in total. The topological polar surface area (TPSA) is 95.1 Å². The third kappa shape index (κ3) is 4.84. The van der Waals surface area contributed by atoms with E-state index < -0.39 is 0 Å². The maximum atomic E-state index is 12.9. The molecule has 3 N–H and O–H groups in total. The molecule has 1 fully saturated rings. The first-order valence-electron chi connectivity index (χ1n) is 10.7. The van der Waals surface area contributed by atoms with Crippen LogP contribution in [-0.2, 0) is 18.0 Å². The minimum absolute atomic E-state index is 0.00117. The Morgan fingerprint density at radius 3 is 2.90 bits per heavy atom. The monoisotopic (exact) mass is 419 g/mol. The molecule has 1 aromatic carbocycles. The quantitative estimate of drug-likeness (QED) is 0.612. The Labute approximate surface area is 182 Å². The molecule has 0 aliphatic heterocycles. The van der Waals surface area contributed by atoms with E-state index in [0.717, 1.165) is 30.4 Å². The standard InChI is InChI=1S/C24H29N5O2/c1-16-5-3-6-18(17(16)2)14-31-23-8-4-7-22(23)28-24(30)20-9-19(10-26-11-20)21-12-27-29(13-21)15-25/h3,5-6,9-13,22-23H,4,7-8,14-15,25H2,1-2H3,(H,28,30)/t22-,23-/m0/s1. The average Bonchev–Trinajstić information content (AvgIpc) is 3.44. The third-order valence-electron chi connectivity index (χ3n) is 6.09. The number of hydrogen-bond donors (Lipinski definition) is 2. The maximum Gasteiger partial charge on any atom is 0.253 e. The van der Waals surface area contributed by atoms with Gasteiger partial charge in [-0.2, -0.15) is 5.10 Å². The van der Waals surface area contributed by atoms with Crippen LogP contribution in [0.5, 0.6) is 0 Å². The Morgan fingerprint density at radius 2 is 2.10 bits per heavy atom. The number of pyridine rings is 1. The van der Waals surface area contributed by atoms with Crippen molar-refractivity contribution in [2.75, 3.05) is 0 Å². The zero-order chi connectivity index (χ0) is 21.8. The lowest BCUT2D eigenvalue weighted by molar-refractivity contribution is 0.0269. The van der Waals surface area contributed by atoms with E-state index in [0.29, 0.717) is 18.8 Å². The van der Waals surface area contributed by atoms with Gasteiger partial charge in [0.25, 0.3) is 5.91 Å². The van der Waals surface area contributed by atoms with E-state index in [1.807, 2.05) is 12.3 Å². The molecule has 1 saturated carbocycles. The molecule has 1 aliphatic carbocycles. The SMILES string of the molecule is Cc1cccc(CO[C@H]2CCC[C@@H]2NC(=O)c2cncc(-c3cnn(CN)c3)c2)c1C. The second kappa shape index (κ2) is 9.41. The van der Waals surface area contributed by atoms with E-state index >= 15 is 0 Å². The van der Waals surface area contributed by atoms with Gasteiger partial charge in [-0.15, -0.1) is 0 Å². The van der Waals surface area contributed by atoms with E-state index in [1.54, 1.807) is 23.3 Å². The van der Waals surface area contributed by atoms with E-state index in [1.165, 1.54) is 16.7 Å². The van der Waals surface area contributed by atoms with E-state index in [4.69, 9.17) is 10.5 Å². The summed E-state index contributed by atoms with van der Waals surface area (Å²) in [6.45, 7) is 5.10. The number of amides is 1. The summed E-state index contributed by atoms with van der Waals surface area (Å²) >= 11 is 0. The Morgan fingerprint density at radius 1 is 1.23 bits per heavy atom. The molecule has 0 bridgehead atoms. The predicted octanol–water partition coefficient (Wildman–Crippen LogP) is 3.35. The van der Waals surface area contributed by atoms with Gasteiger partial charge in [-0.1, -0.05) is 18.2 Å². The van der Waals surface area contributed by atoms with Crippen LogP contribution in [0, 0.1) is 13.8 Å². The number of nitrogens with two attached hydrogens (primary N) is 1. The highest BCUT2D eigenvalue weighted by molar-refractivity contribution is 5.95. The smallest absolute Gasteiger partial charge is 0.253 e. The molecular weight excluding hydrogens is 390 g/mol. The molecule has 4 rings (SSSR count). The lowest BCUT2D eigenvalue weighted by Crippen LogP contribution is -2.41. The molecule has 0 saturated heterocycles. The van der Waals surface area contributed by atoms with E-state index in [-0.39, 0.29) is 18.1 Å². The fourth-order valence-electron chi connectivity index (χ4n) is 4.04. The maximum absolute atomic E-state index is 12.9. The molecule has 7 heteroatoms. The van der Waals surface area contributed by atoms with Gasteiger partial charge < -0.3 is 15.8 Å². The summed E-state index contributed by atoms with van der Waals surface area (Å²) in [6.07, 6.45) is 9.80. The molecule has 0 spiro atoms. The van der Waals surface area contributed by atoms with Crippen LogP contribution < -0.4 is 11.1 Å².